The van der Waals surface area contributed by atoms with Crippen LogP contribution in [0.3, 0.4) is 0 Å². The molecule has 0 spiro atoms. The zero-order chi connectivity index (χ0) is 43.9. The zero-order valence-corrected chi connectivity index (χ0v) is 36.4. The Balaban J connectivity index is 0.855. The maximum Gasteiger partial charge on any atom is 0.315 e. The number of aromatic nitrogens is 2. The second-order valence-corrected chi connectivity index (χ2v) is 16.6. The fourth-order valence-corrected chi connectivity index (χ4v) is 8.68. The number of nitrogens with zero attached hydrogens (tertiary/aromatic N) is 2. The van der Waals surface area contributed by atoms with Crippen molar-refractivity contribution in [2.45, 2.75) is 81.2 Å². The van der Waals surface area contributed by atoms with Crippen molar-refractivity contribution in [1.29, 1.82) is 0 Å². The molecule has 3 aliphatic rings. The molecule has 0 radical (unpaired) electrons. The number of unbranched alkanes of at least 4 members (excludes halogenated alkanes) is 1. The summed E-state index contributed by atoms with van der Waals surface area (Å²) < 4.78 is 16.7. The van der Waals surface area contributed by atoms with Gasteiger partial charge in [-0.2, -0.15) is 11.8 Å². The molecule has 4 atom stereocenters. The lowest BCUT2D eigenvalue weighted by atomic mass is 10.0. The molecule has 7 amide bonds. The van der Waals surface area contributed by atoms with Crippen molar-refractivity contribution in [2.24, 2.45) is 0 Å². The Morgan fingerprint density at radius 3 is 2.13 bits per heavy atom. The number of rotatable bonds is 29. The molecule has 2 aromatic rings. The number of ether oxygens (including phenoxy) is 3. The Bertz CT molecular complexity index is 1800. The third-order valence-electron chi connectivity index (χ3n) is 10.1. The molecule has 0 saturated carbocycles. The van der Waals surface area contributed by atoms with E-state index in [9.17, 15) is 28.8 Å². The Kier molecular flexibility index (Phi) is 20.4. The van der Waals surface area contributed by atoms with E-state index < -0.39 is 6.04 Å². The standard InChI is InChI=1S/C41H58N10O9S2/c52-34(8-3-17-51-36(54)13-14-37(51)55)43-15-4-18-58-20-22-60-23-21-59-19-5-16-44-39(56)31(24-30-25-42-27-45-30)49-41(61)47-29-11-9-28(10-12-29)46-35(53)7-2-1-6-33-38-32(26-62-33)48-40(57)50-38/h9-14,25,27,31-33,38H,1-8,15-24,26H2,(H,42,45)(H,43,52)(H,44,56)(H,46,53)(H2,47,49,61)(H2,48,50,57)/t31-,32-,33-,38-/m0/s1. The summed E-state index contributed by atoms with van der Waals surface area (Å²) in [5.41, 5.74) is 2.12. The van der Waals surface area contributed by atoms with Gasteiger partial charge in [0.15, 0.2) is 5.11 Å². The van der Waals surface area contributed by atoms with Crippen LogP contribution in [0.1, 0.15) is 57.1 Å². The number of aromatic amines is 1. The molecule has 0 aliphatic carbocycles. The second-order valence-electron chi connectivity index (χ2n) is 14.9. The third-order valence-corrected chi connectivity index (χ3v) is 11.8. The first-order chi connectivity index (χ1) is 30.1. The molecule has 62 heavy (non-hydrogen) atoms. The Labute approximate surface area is 370 Å². The lowest BCUT2D eigenvalue weighted by Gasteiger charge is -2.20. The number of hydrogen-bond donors (Lipinski definition) is 8. The van der Waals surface area contributed by atoms with Gasteiger partial charge in [0.1, 0.15) is 6.04 Å². The van der Waals surface area contributed by atoms with E-state index in [0.717, 1.165) is 35.6 Å². The highest BCUT2D eigenvalue weighted by molar-refractivity contribution is 8.00. The number of carbonyl (C=O) groups excluding carboxylic acids is 6. The summed E-state index contributed by atoms with van der Waals surface area (Å²) in [6.07, 6.45) is 10.9. The van der Waals surface area contributed by atoms with E-state index >= 15 is 0 Å². The van der Waals surface area contributed by atoms with E-state index in [0.29, 0.717) is 101 Å². The number of benzene rings is 1. The largest absolute Gasteiger partial charge is 0.379 e. The van der Waals surface area contributed by atoms with E-state index in [1.807, 2.05) is 11.8 Å². The summed E-state index contributed by atoms with van der Waals surface area (Å²) in [6.45, 7) is 3.62. The Morgan fingerprint density at radius 1 is 0.806 bits per heavy atom. The van der Waals surface area contributed by atoms with Crippen molar-refractivity contribution >= 4 is 76.0 Å². The SMILES string of the molecule is O=C(CCCN1C(=O)C=CC1=O)NCCCOCCOCCOCCCNC(=O)[C@H](Cc1cnc[nH]1)NC(=S)Nc1ccc(NC(=O)CCCC[C@@H]2SC[C@@H]3NC(=O)N[C@@H]32)cc1. The van der Waals surface area contributed by atoms with Crippen molar-refractivity contribution in [2.75, 3.05) is 75.7 Å². The number of imidazole rings is 1. The quantitative estimate of drug-likeness (QED) is 0.0251. The Morgan fingerprint density at radius 2 is 1.45 bits per heavy atom. The molecule has 338 valence electrons. The summed E-state index contributed by atoms with van der Waals surface area (Å²) in [5, 5.41) is 21.5. The number of H-pyrrole nitrogens is 1. The maximum absolute atomic E-state index is 13.2. The zero-order valence-electron chi connectivity index (χ0n) is 34.7. The van der Waals surface area contributed by atoms with Crippen LogP contribution in [0.5, 0.6) is 0 Å². The molecule has 5 rings (SSSR count). The number of anilines is 2. The van der Waals surface area contributed by atoms with Gasteiger partial charge in [-0.05, 0) is 68.6 Å². The normalized spacial score (nSPS) is 18.2. The van der Waals surface area contributed by atoms with Gasteiger partial charge in [-0.3, -0.25) is 28.9 Å². The molecule has 19 nitrogen and oxygen atoms in total. The lowest BCUT2D eigenvalue weighted by molar-refractivity contribution is -0.137. The monoisotopic (exact) mass is 898 g/mol. The molecule has 3 aliphatic heterocycles. The van der Waals surface area contributed by atoms with E-state index in [-0.39, 0.29) is 65.7 Å². The number of urea groups is 1. The van der Waals surface area contributed by atoms with Crippen LogP contribution >= 0.6 is 24.0 Å². The van der Waals surface area contributed by atoms with Crippen molar-refractivity contribution in [1.82, 2.24) is 41.5 Å². The number of carbonyl (C=O) groups is 6. The van der Waals surface area contributed by atoms with Crippen molar-refractivity contribution in [3.05, 3.63) is 54.6 Å². The van der Waals surface area contributed by atoms with Gasteiger partial charge in [-0.15, -0.1) is 0 Å². The van der Waals surface area contributed by atoms with Gasteiger partial charge in [-0.1, -0.05) is 6.42 Å². The van der Waals surface area contributed by atoms with Crippen LogP contribution in [-0.4, -0.2) is 144 Å². The van der Waals surface area contributed by atoms with Crippen LogP contribution in [0.15, 0.2) is 48.9 Å². The molecule has 0 unspecified atom stereocenters. The van der Waals surface area contributed by atoms with Crippen LogP contribution in [0, 0.1) is 0 Å². The van der Waals surface area contributed by atoms with Crippen molar-refractivity contribution in [3.8, 4) is 0 Å². The maximum atomic E-state index is 13.2. The number of thiocarbonyl (C=S) groups is 1. The van der Waals surface area contributed by atoms with Crippen molar-refractivity contribution in [3.63, 3.8) is 0 Å². The number of amides is 7. The molecule has 2 fully saturated rings. The Hall–Kier alpha value is -5.09. The van der Waals surface area contributed by atoms with E-state index in [1.54, 1.807) is 36.8 Å². The average Bonchev–Trinajstić information content (AvgIpc) is 4.05. The van der Waals surface area contributed by atoms with Crippen LogP contribution in [-0.2, 0) is 44.6 Å². The summed E-state index contributed by atoms with van der Waals surface area (Å²) in [4.78, 5) is 80.6. The minimum Gasteiger partial charge on any atom is -0.379 e. The smallest absolute Gasteiger partial charge is 0.315 e. The molecule has 0 bridgehead atoms. The number of hydrogen-bond acceptors (Lipinski definition) is 12. The molecule has 21 heteroatoms. The molecular formula is C41H58N10O9S2. The molecule has 1 aromatic heterocycles. The predicted molar refractivity (Wildman–Crippen MR) is 237 cm³/mol. The van der Waals surface area contributed by atoms with Gasteiger partial charge in [0, 0.05) is 98.5 Å². The predicted octanol–water partition coefficient (Wildman–Crippen LogP) is 1.74. The first-order valence-electron chi connectivity index (χ1n) is 21.1. The summed E-state index contributed by atoms with van der Waals surface area (Å²) in [7, 11) is 0. The number of fused-ring (bicyclic) bond motifs is 1. The van der Waals surface area contributed by atoms with Crippen LogP contribution in [0.4, 0.5) is 16.2 Å². The summed E-state index contributed by atoms with van der Waals surface area (Å²) in [5.74, 6) is -0.190. The molecule has 1 aromatic carbocycles. The number of nitrogens with one attached hydrogen (secondary N) is 8. The van der Waals surface area contributed by atoms with Gasteiger partial charge < -0.3 is 56.4 Å². The van der Waals surface area contributed by atoms with Gasteiger partial charge in [-0.25, -0.2) is 9.78 Å². The fraction of sp³-hybridized carbons (Fsp3) is 0.561. The number of thioether (sulfide) groups is 1. The molecule has 8 N–H and O–H groups in total. The topological polar surface area (TPSA) is 246 Å². The summed E-state index contributed by atoms with van der Waals surface area (Å²) in [6, 6.07) is 6.79. The van der Waals surface area contributed by atoms with Crippen LogP contribution in [0.2, 0.25) is 0 Å². The van der Waals surface area contributed by atoms with Gasteiger partial charge in [0.05, 0.1) is 44.8 Å². The summed E-state index contributed by atoms with van der Waals surface area (Å²) >= 11 is 7.42. The minimum atomic E-state index is -0.678. The second kappa shape index (κ2) is 26.4. The number of imide groups is 1. The molecule has 2 saturated heterocycles. The van der Waals surface area contributed by atoms with Gasteiger partial charge in [0.2, 0.25) is 17.7 Å². The first kappa shape index (κ1) is 48.0. The van der Waals surface area contributed by atoms with Crippen LogP contribution < -0.4 is 37.2 Å². The lowest BCUT2D eigenvalue weighted by Crippen LogP contribution is -2.49. The van der Waals surface area contributed by atoms with Crippen LogP contribution in [0.25, 0.3) is 0 Å². The van der Waals surface area contributed by atoms with E-state index in [4.69, 9.17) is 26.4 Å². The van der Waals surface area contributed by atoms with E-state index in [2.05, 4.69) is 47.2 Å². The fourth-order valence-electron chi connectivity index (χ4n) is 6.88. The highest BCUT2D eigenvalue weighted by atomic mass is 32.2. The van der Waals surface area contributed by atoms with E-state index in [1.165, 1.54) is 12.2 Å². The minimum absolute atomic E-state index is 0.0566. The van der Waals surface area contributed by atoms with Crippen molar-refractivity contribution < 1.29 is 43.0 Å². The molecular weight excluding hydrogens is 841 g/mol. The first-order valence-corrected chi connectivity index (χ1v) is 22.5. The van der Waals surface area contributed by atoms with Gasteiger partial charge >= 0.3 is 6.03 Å². The molecule has 4 heterocycles. The highest BCUT2D eigenvalue weighted by Crippen LogP contribution is 2.33. The average molecular weight is 899 g/mol. The highest BCUT2D eigenvalue weighted by Gasteiger charge is 2.42. The van der Waals surface area contributed by atoms with Gasteiger partial charge in [0.25, 0.3) is 11.8 Å². The third kappa shape index (κ3) is 17.0.